The molecule has 0 aliphatic rings. The monoisotopic (exact) mass is 342 g/mol. The summed E-state index contributed by atoms with van der Waals surface area (Å²) in [5, 5.41) is 11.2. The maximum Gasteiger partial charge on any atom is 0.410 e. The fourth-order valence-corrected chi connectivity index (χ4v) is 2.91. The number of nitrogens with one attached hydrogen (secondary N) is 1. The maximum absolute atomic E-state index is 10.5. The Bertz CT molecular complexity index is 583. The Morgan fingerprint density at radius 3 is 2.74 bits per heavy atom. The summed E-state index contributed by atoms with van der Waals surface area (Å²) >= 11 is 4.65. The molecule has 1 amide bonds. The number of amides is 1. The second kappa shape index (κ2) is 6.03. The molecule has 1 aromatic heterocycles. The number of aromatic nitrogens is 1. The third-order valence-electron chi connectivity index (χ3n) is 2.39. The number of thiazole rings is 1. The number of hydrogen-bond donors (Lipinski definition) is 2. The van der Waals surface area contributed by atoms with Gasteiger partial charge in [0.2, 0.25) is 0 Å². The number of nitrogens with zero attached hydrogens (tertiary/aromatic N) is 1. The van der Waals surface area contributed by atoms with Gasteiger partial charge >= 0.3 is 6.09 Å². The number of carbonyl (C=O) groups is 1. The molecule has 5 nitrogen and oxygen atoms in total. The van der Waals surface area contributed by atoms with E-state index in [0.717, 1.165) is 20.8 Å². The molecule has 19 heavy (non-hydrogen) atoms. The van der Waals surface area contributed by atoms with Crippen LogP contribution in [0.15, 0.2) is 28.1 Å². The number of methoxy groups -OCH3 is 1. The fraction of sp³-hybridized carbons (Fsp3) is 0.167. The van der Waals surface area contributed by atoms with E-state index in [1.54, 1.807) is 7.11 Å². The third kappa shape index (κ3) is 3.68. The van der Waals surface area contributed by atoms with Crippen molar-refractivity contribution in [1.29, 1.82) is 0 Å². The third-order valence-corrected chi connectivity index (χ3v) is 4.14. The molecule has 1 heterocycles. The molecule has 7 heteroatoms. The number of ether oxygens (including phenoxy) is 1. The van der Waals surface area contributed by atoms with E-state index < -0.39 is 6.09 Å². The van der Waals surface area contributed by atoms with E-state index in [1.807, 2.05) is 24.3 Å². The molecule has 0 bridgehead atoms. The van der Waals surface area contributed by atoms with Crippen molar-refractivity contribution in [3.05, 3.63) is 39.3 Å². The summed E-state index contributed by atoms with van der Waals surface area (Å²) < 4.78 is 5.92. The highest BCUT2D eigenvalue weighted by Crippen LogP contribution is 2.30. The van der Waals surface area contributed by atoms with Gasteiger partial charge in [-0.05, 0) is 33.6 Å². The smallest absolute Gasteiger partial charge is 0.410 e. The zero-order valence-electron chi connectivity index (χ0n) is 10.0. The van der Waals surface area contributed by atoms with Gasteiger partial charge in [0, 0.05) is 6.42 Å². The van der Waals surface area contributed by atoms with Gasteiger partial charge in [-0.25, -0.2) is 9.78 Å². The van der Waals surface area contributed by atoms with Gasteiger partial charge in [0.15, 0.2) is 5.13 Å². The van der Waals surface area contributed by atoms with Crippen LogP contribution in [-0.2, 0) is 6.42 Å². The largest absolute Gasteiger partial charge is 0.497 e. The van der Waals surface area contributed by atoms with Crippen LogP contribution in [0.1, 0.15) is 11.3 Å². The molecular weight excluding hydrogens is 332 g/mol. The van der Waals surface area contributed by atoms with Crippen LogP contribution in [0.25, 0.3) is 0 Å². The first-order valence-corrected chi connectivity index (χ1v) is 6.97. The van der Waals surface area contributed by atoms with Crippen LogP contribution < -0.4 is 10.1 Å². The first-order valence-electron chi connectivity index (χ1n) is 5.36. The van der Waals surface area contributed by atoms with Gasteiger partial charge in [0.25, 0.3) is 0 Å². The molecule has 0 aliphatic carbocycles. The van der Waals surface area contributed by atoms with Gasteiger partial charge in [0.05, 0.1) is 16.6 Å². The Balaban J connectivity index is 2.13. The summed E-state index contributed by atoms with van der Waals surface area (Å²) in [5.41, 5.74) is 1.88. The van der Waals surface area contributed by atoms with Crippen LogP contribution in [0.3, 0.4) is 0 Å². The standard InChI is InChI=1S/C12H11BrN2O3S/c1-18-8-4-2-7(3-5-8)6-9-10(13)19-11(14-9)15-12(16)17/h2-5H,6H2,1H3,(H,14,15)(H,16,17). The van der Waals surface area contributed by atoms with E-state index in [9.17, 15) is 4.79 Å². The van der Waals surface area contributed by atoms with Gasteiger partial charge in [-0.1, -0.05) is 23.5 Å². The predicted octanol–water partition coefficient (Wildman–Crippen LogP) is 3.59. The molecular formula is C12H11BrN2O3S. The minimum absolute atomic E-state index is 0.364. The maximum atomic E-state index is 10.5. The van der Waals surface area contributed by atoms with E-state index in [-0.39, 0.29) is 0 Å². The molecule has 0 saturated carbocycles. The van der Waals surface area contributed by atoms with Crippen molar-refractivity contribution in [2.24, 2.45) is 0 Å². The predicted molar refractivity (Wildman–Crippen MR) is 77.3 cm³/mol. The van der Waals surface area contributed by atoms with Gasteiger partial charge in [0.1, 0.15) is 5.75 Å². The van der Waals surface area contributed by atoms with Crippen molar-refractivity contribution >= 4 is 38.5 Å². The highest BCUT2D eigenvalue weighted by Gasteiger charge is 2.11. The summed E-state index contributed by atoms with van der Waals surface area (Å²) in [7, 11) is 1.62. The van der Waals surface area contributed by atoms with E-state index in [1.165, 1.54) is 11.3 Å². The Labute approximate surface area is 122 Å². The molecule has 0 aliphatic heterocycles. The molecule has 2 rings (SSSR count). The lowest BCUT2D eigenvalue weighted by Crippen LogP contribution is -2.06. The van der Waals surface area contributed by atoms with Gasteiger partial charge in [-0.15, -0.1) is 0 Å². The van der Waals surface area contributed by atoms with Crippen molar-refractivity contribution in [2.75, 3.05) is 12.4 Å². The van der Waals surface area contributed by atoms with Crippen LogP contribution in [0.4, 0.5) is 9.93 Å². The van der Waals surface area contributed by atoms with E-state index in [2.05, 4.69) is 26.2 Å². The molecule has 100 valence electrons. The van der Waals surface area contributed by atoms with E-state index >= 15 is 0 Å². The number of halogens is 1. The molecule has 0 unspecified atom stereocenters. The Kier molecular flexibility index (Phi) is 4.39. The Hall–Kier alpha value is -1.60. The van der Waals surface area contributed by atoms with Crippen LogP contribution in [0.2, 0.25) is 0 Å². The molecule has 2 aromatic rings. The summed E-state index contributed by atoms with van der Waals surface area (Å²) in [6, 6.07) is 7.67. The number of rotatable bonds is 4. The topological polar surface area (TPSA) is 71.5 Å². The van der Waals surface area contributed by atoms with Crippen LogP contribution >= 0.6 is 27.3 Å². The zero-order chi connectivity index (χ0) is 13.8. The Morgan fingerprint density at radius 2 is 2.16 bits per heavy atom. The Morgan fingerprint density at radius 1 is 1.47 bits per heavy atom. The lowest BCUT2D eigenvalue weighted by molar-refractivity contribution is 0.209. The molecule has 0 radical (unpaired) electrons. The number of hydrogen-bond acceptors (Lipinski definition) is 4. The van der Waals surface area contributed by atoms with Crippen molar-refractivity contribution in [3.8, 4) is 5.75 Å². The van der Waals surface area contributed by atoms with Crippen molar-refractivity contribution in [3.63, 3.8) is 0 Å². The van der Waals surface area contributed by atoms with Crippen LogP contribution in [0, 0.1) is 0 Å². The molecule has 2 N–H and O–H groups in total. The number of benzene rings is 1. The number of carboxylic acid groups (broad SMARTS) is 1. The van der Waals surface area contributed by atoms with Crippen molar-refractivity contribution in [2.45, 2.75) is 6.42 Å². The summed E-state index contributed by atoms with van der Waals surface area (Å²) in [6.45, 7) is 0. The minimum atomic E-state index is -1.11. The summed E-state index contributed by atoms with van der Waals surface area (Å²) in [6.07, 6.45) is -0.486. The lowest BCUT2D eigenvalue weighted by Gasteiger charge is -2.02. The van der Waals surface area contributed by atoms with Gasteiger partial charge in [-0.3, -0.25) is 5.32 Å². The van der Waals surface area contributed by atoms with Crippen molar-refractivity contribution < 1.29 is 14.6 Å². The molecule has 0 saturated heterocycles. The fourth-order valence-electron chi connectivity index (χ4n) is 1.52. The average Bonchev–Trinajstić information content (AvgIpc) is 2.69. The zero-order valence-corrected chi connectivity index (χ0v) is 12.4. The molecule has 1 aromatic carbocycles. The quantitative estimate of drug-likeness (QED) is 0.890. The SMILES string of the molecule is COc1ccc(Cc2nc(NC(=O)O)sc2Br)cc1. The van der Waals surface area contributed by atoms with Crippen LogP contribution in [0.5, 0.6) is 5.75 Å². The summed E-state index contributed by atoms with van der Waals surface area (Å²) in [4.78, 5) is 14.8. The summed E-state index contributed by atoms with van der Waals surface area (Å²) in [5.74, 6) is 0.800. The molecule has 0 atom stereocenters. The van der Waals surface area contributed by atoms with Gasteiger partial charge < -0.3 is 9.84 Å². The van der Waals surface area contributed by atoms with Gasteiger partial charge in [-0.2, -0.15) is 0 Å². The first-order chi connectivity index (χ1) is 9.08. The van der Waals surface area contributed by atoms with E-state index in [4.69, 9.17) is 9.84 Å². The average molecular weight is 343 g/mol. The second-order valence-corrected chi connectivity index (χ2v) is 6.01. The lowest BCUT2D eigenvalue weighted by atomic mass is 10.1. The molecule has 0 spiro atoms. The number of anilines is 1. The second-order valence-electron chi connectivity index (χ2n) is 3.69. The normalized spacial score (nSPS) is 10.2. The van der Waals surface area contributed by atoms with Crippen molar-refractivity contribution in [1.82, 2.24) is 4.98 Å². The van der Waals surface area contributed by atoms with Crippen LogP contribution in [-0.4, -0.2) is 23.3 Å². The molecule has 0 fully saturated rings. The van der Waals surface area contributed by atoms with E-state index in [0.29, 0.717) is 11.6 Å². The highest BCUT2D eigenvalue weighted by molar-refractivity contribution is 9.11. The highest BCUT2D eigenvalue weighted by atomic mass is 79.9. The minimum Gasteiger partial charge on any atom is -0.497 e. The first kappa shape index (κ1) is 13.8.